The van der Waals surface area contributed by atoms with E-state index < -0.39 is 31.0 Å². The summed E-state index contributed by atoms with van der Waals surface area (Å²) >= 11 is 0. The second-order valence-corrected chi connectivity index (χ2v) is 7.23. The number of carboxylic acids is 3. The fraction of sp³-hybridized carbons (Fsp3) is 0.360. The molecule has 0 atom stereocenters. The molecule has 0 spiro atoms. The lowest BCUT2D eigenvalue weighted by molar-refractivity contribution is -0.137. The number of halogens is 2. The van der Waals surface area contributed by atoms with Crippen LogP contribution >= 0.6 is 0 Å². The topological polar surface area (TPSA) is 154 Å². The van der Waals surface area contributed by atoms with Gasteiger partial charge >= 0.3 is 17.9 Å². The van der Waals surface area contributed by atoms with Crippen molar-refractivity contribution in [3.8, 4) is 11.5 Å². The number of benzene rings is 2. The number of para-hydroxylation sites is 4. The van der Waals surface area contributed by atoms with Crippen molar-refractivity contribution in [2.75, 3.05) is 63.5 Å². The van der Waals surface area contributed by atoms with Gasteiger partial charge in [-0.15, -0.1) is 0 Å². The third kappa shape index (κ3) is 12.5. The molecule has 0 heterocycles. The number of nitrogens with zero attached hydrogens (tertiary/aromatic N) is 2. The molecule has 0 radical (unpaired) electrons. The number of carboxylic acid groups (broad SMARTS) is 3. The van der Waals surface area contributed by atoms with Crippen molar-refractivity contribution >= 4 is 35.1 Å². The molecule has 2 aromatic carbocycles. The van der Waals surface area contributed by atoms with Gasteiger partial charge in [-0.05, 0) is 31.2 Å². The number of ketones is 1. The second-order valence-electron chi connectivity index (χ2n) is 7.23. The molecule has 0 saturated carbocycles. The zero-order chi connectivity index (χ0) is 29.1. The Bertz CT molecular complexity index is 924. The maximum Gasteiger partial charge on any atom is 0.323 e. The summed E-state index contributed by atoms with van der Waals surface area (Å²) in [5.41, 5.74) is 0.747. The van der Waals surface area contributed by atoms with Crippen LogP contribution in [-0.4, -0.2) is 92.8 Å². The number of Topliss-reactive ketones (excluding diaryl/α,β-unsaturated/α-hetero) is 1. The minimum Gasteiger partial charge on any atom is -0.488 e. The summed E-state index contributed by atoms with van der Waals surface area (Å²) in [6.45, 7) is -0.0820. The molecule has 11 nitrogen and oxygen atoms in total. The SMILES string of the molecule is CC(=O)CN(CC(=O)O)c1ccccc1OCCOc1ccccc1N(CC(=O)O)CC(=O)O.CF.CF. The summed E-state index contributed by atoms with van der Waals surface area (Å²) in [5.74, 6) is -3.03. The highest BCUT2D eigenvalue weighted by Crippen LogP contribution is 2.29. The first-order valence-electron chi connectivity index (χ1n) is 11.0. The van der Waals surface area contributed by atoms with E-state index in [1.54, 1.807) is 48.5 Å². The lowest BCUT2D eigenvalue weighted by atomic mass is 10.2. The minimum absolute atomic E-state index is 0.0327. The predicted molar refractivity (Wildman–Crippen MR) is 136 cm³/mol. The molecular weight excluding hydrogens is 510 g/mol. The van der Waals surface area contributed by atoms with Gasteiger partial charge in [0.05, 0.1) is 32.3 Å². The number of carbonyl (C=O) groups is 4. The average molecular weight is 543 g/mol. The molecule has 0 fully saturated rings. The molecule has 0 aliphatic heterocycles. The summed E-state index contributed by atoms with van der Waals surface area (Å²) in [5, 5.41) is 27.4. The van der Waals surface area contributed by atoms with Gasteiger partial charge in [0, 0.05) is 0 Å². The molecule has 0 aliphatic carbocycles. The minimum atomic E-state index is -1.19. The summed E-state index contributed by atoms with van der Waals surface area (Å²) < 4.78 is 30.5. The highest BCUT2D eigenvalue weighted by atomic mass is 19.1. The van der Waals surface area contributed by atoms with Gasteiger partial charge in [0.15, 0.2) is 0 Å². The molecule has 2 rings (SSSR count). The summed E-state index contributed by atoms with van der Waals surface area (Å²) in [6.07, 6.45) is 0. The molecule has 0 unspecified atom stereocenters. The largest absolute Gasteiger partial charge is 0.488 e. The first-order chi connectivity index (χ1) is 18.2. The fourth-order valence-electron chi connectivity index (χ4n) is 3.20. The van der Waals surface area contributed by atoms with Crippen molar-refractivity contribution in [2.45, 2.75) is 6.92 Å². The van der Waals surface area contributed by atoms with Crippen molar-refractivity contribution in [2.24, 2.45) is 0 Å². The molecule has 38 heavy (non-hydrogen) atoms. The van der Waals surface area contributed by atoms with Crippen LogP contribution in [0.25, 0.3) is 0 Å². The number of rotatable bonds is 15. The van der Waals surface area contributed by atoms with Crippen LogP contribution in [0, 0.1) is 0 Å². The summed E-state index contributed by atoms with van der Waals surface area (Å²) in [4.78, 5) is 47.7. The van der Waals surface area contributed by atoms with Gasteiger partial charge in [-0.2, -0.15) is 0 Å². The van der Waals surface area contributed by atoms with Gasteiger partial charge in [0.25, 0.3) is 0 Å². The van der Waals surface area contributed by atoms with Gasteiger partial charge < -0.3 is 34.6 Å². The predicted octanol–water partition coefficient (Wildman–Crippen LogP) is 2.77. The number of ether oxygens (including phenoxy) is 2. The van der Waals surface area contributed by atoms with Gasteiger partial charge in [-0.1, -0.05) is 24.3 Å². The van der Waals surface area contributed by atoms with Gasteiger partial charge in [-0.25, -0.2) is 0 Å². The number of aliphatic carboxylic acids is 3. The smallest absolute Gasteiger partial charge is 0.323 e. The molecule has 0 bridgehead atoms. The number of hydrogen-bond acceptors (Lipinski definition) is 8. The molecule has 0 amide bonds. The van der Waals surface area contributed by atoms with E-state index in [-0.39, 0.29) is 37.8 Å². The van der Waals surface area contributed by atoms with E-state index >= 15 is 0 Å². The maximum absolute atomic E-state index is 11.6. The van der Waals surface area contributed by atoms with E-state index in [4.69, 9.17) is 19.7 Å². The van der Waals surface area contributed by atoms with Crippen LogP contribution in [0.4, 0.5) is 20.2 Å². The monoisotopic (exact) mass is 542 g/mol. The zero-order valence-electron chi connectivity index (χ0n) is 21.3. The Hall–Kier alpha value is -4.42. The highest BCUT2D eigenvalue weighted by molar-refractivity contribution is 5.85. The van der Waals surface area contributed by atoms with Crippen molar-refractivity contribution in [3.05, 3.63) is 48.5 Å². The molecular formula is C25H32F2N2O9. The first kappa shape index (κ1) is 33.6. The number of anilines is 2. The van der Waals surface area contributed by atoms with E-state index in [0.29, 0.717) is 31.5 Å². The molecule has 2 aromatic rings. The Kier molecular flexibility index (Phi) is 16.6. The van der Waals surface area contributed by atoms with Crippen LogP contribution in [0.1, 0.15) is 6.92 Å². The van der Waals surface area contributed by atoms with Crippen LogP contribution in [0.5, 0.6) is 11.5 Å². The Morgan fingerprint density at radius 2 is 0.947 bits per heavy atom. The third-order valence-electron chi connectivity index (χ3n) is 4.40. The van der Waals surface area contributed by atoms with E-state index in [0.717, 1.165) is 0 Å². The van der Waals surface area contributed by atoms with Crippen LogP contribution in [-0.2, 0) is 19.2 Å². The Morgan fingerprint density at radius 3 is 1.26 bits per heavy atom. The first-order valence-corrected chi connectivity index (χ1v) is 11.0. The van der Waals surface area contributed by atoms with Crippen LogP contribution in [0.2, 0.25) is 0 Å². The van der Waals surface area contributed by atoms with Crippen molar-refractivity contribution in [3.63, 3.8) is 0 Å². The lowest BCUT2D eigenvalue weighted by Crippen LogP contribution is -2.34. The van der Waals surface area contributed by atoms with Gasteiger partial charge in [0.2, 0.25) is 0 Å². The standard InChI is InChI=1S/C23H26N2O9.2CH3F/c1-16(26)12-24(13-21(27)28)17-6-2-4-8-19(17)33-10-11-34-20-9-5-3-7-18(20)25(14-22(29)30)15-23(31)32;2*1-2/h2-9H,10-15H2,1H3,(H,27,28)(H,29,30)(H,31,32);2*1H3. The maximum atomic E-state index is 11.6. The van der Waals surface area contributed by atoms with E-state index in [9.17, 15) is 33.1 Å². The quantitative estimate of drug-likeness (QED) is 0.285. The number of carbonyl (C=O) groups excluding carboxylic acids is 1. The average Bonchev–Trinajstić information content (AvgIpc) is 2.87. The number of hydrogen-bond donors (Lipinski definition) is 3. The van der Waals surface area contributed by atoms with Crippen molar-refractivity contribution in [1.29, 1.82) is 0 Å². The molecule has 0 aliphatic rings. The van der Waals surface area contributed by atoms with Crippen molar-refractivity contribution < 1.29 is 52.8 Å². The molecule has 0 aromatic heterocycles. The molecule has 13 heteroatoms. The normalized spacial score (nSPS) is 9.50. The van der Waals surface area contributed by atoms with Gasteiger partial charge in [-0.3, -0.25) is 28.0 Å². The number of alkyl halides is 2. The third-order valence-corrected chi connectivity index (χ3v) is 4.40. The van der Waals surface area contributed by atoms with Crippen LogP contribution < -0.4 is 19.3 Å². The molecule has 0 saturated heterocycles. The Labute approximate surface area is 218 Å². The Morgan fingerprint density at radius 1 is 0.632 bits per heavy atom. The summed E-state index contributed by atoms with van der Waals surface area (Å²) in [7, 11) is 1.00. The van der Waals surface area contributed by atoms with E-state index in [2.05, 4.69) is 0 Å². The van der Waals surface area contributed by atoms with Crippen LogP contribution in [0.15, 0.2) is 48.5 Å². The summed E-state index contributed by atoms with van der Waals surface area (Å²) in [6, 6.07) is 13.1. The van der Waals surface area contributed by atoms with Crippen molar-refractivity contribution in [1.82, 2.24) is 0 Å². The molecule has 3 N–H and O–H groups in total. The fourth-order valence-corrected chi connectivity index (χ4v) is 3.20. The van der Waals surface area contributed by atoms with E-state index in [1.807, 2.05) is 0 Å². The Balaban J connectivity index is 0.00000326. The zero-order valence-corrected chi connectivity index (χ0v) is 21.3. The second kappa shape index (κ2) is 18.8. The van der Waals surface area contributed by atoms with Gasteiger partial charge in [0.1, 0.15) is 50.1 Å². The van der Waals surface area contributed by atoms with E-state index in [1.165, 1.54) is 16.7 Å². The highest BCUT2D eigenvalue weighted by Gasteiger charge is 2.19. The van der Waals surface area contributed by atoms with Crippen LogP contribution in [0.3, 0.4) is 0 Å². The lowest BCUT2D eigenvalue weighted by Gasteiger charge is -2.25. The molecule has 210 valence electrons.